The maximum absolute atomic E-state index is 9.79. The second-order valence-corrected chi connectivity index (χ2v) is 5.10. The highest BCUT2D eigenvalue weighted by Crippen LogP contribution is 2.28. The summed E-state index contributed by atoms with van der Waals surface area (Å²) in [6.45, 7) is 0.600. The summed E-state index contributed by atoms with van der Waals surface area (Å²) >= 11 is 7.29. The first-order valence-electron chi connectivity index (χ1n) is 5.53. The lowest BCUT2D eigenvalue weighted by atomic mass is 10.2. The second kappa shape index (κ2) is 4.99. The minimum Gasteiger partial charge on any atom is -0.506 e. The van der Waals surface area contributed by atoms with Crippen LogP contribution in [0.1, 0.15) is 4.88 Å². The summed E-state index contributed by atoms with van der Waals surface area (Å²) in [5.41, 5.74) is 0.439. The minimum atomic E-state index is 0.0858. The molecule has 7 heteroatoms. The maximum Gasteiger partial charge on any atom is 0.225 e. The van der Waals surface area contributed by atoms with E-state index >= 15 is 0 Å². The van der Waals surface area contributed by atoms with Crippen molar-refractivity contribution in [3.63, 3.8) is 0 Å². The minimum absolute atomic E-state index is 0.0858. The number of hydrogen-bond donors (Lipinski definition) is 2. The molecule has 19 heavy (non-hydrogen) atoms. The van der Waals surface area contributed by atoms with Crippen molar-refractivity contribution in [2.24, 2.45) is 0 Å². The molecule has 0 unspecified atom stereocenters. The van der Waals surface area contributed by atoms with Crippen LogP contribution in [0.2, 0.25) is 5.28 Å². The van der Waals surface area contributed by atoms with E-state index in [0.29, 0.717) is 17.9 Å². The van der Waals surface area contributed by atoms with E-state index in [9.17, 15) is 5.11 Å². The van der Waals surface area contributed by atoms with E-state index in [1.807, 2.05) is 12.1 Å². The van der Waals surface area contributed by atoms with Crippen LogP contribution in [0.5, 0.6) is 5.75 Å². The van der Waals surface area contributed by atoms with Crippen molar-refractivity contribution in [1.29, 1.82) is 0 Å². The Morgan fingerprint density at radius 3 is 2.95 bits per heavy atom. The van der Waals surface area contributed by atoms with Gasteiger partial charge in [-0.3, -0.25) is 0 Å². The summed E-state index contributed by atoms with van der Waals surface area (Å²) in [7, 11) is 0. The zero-order valence-corrected chi connectivity index (χ0v) is 11.2. The highest BCUT2D eigenvalue weighted by atomic mass is 35.5. The van der Waals surface area contributed by atoms with Gasteiger partial charge in [0.2, 0.25) is 5.28 Å². The molecule has 3 aromatic rings. The Balaban J connectivity index is 2.00. The molecule has 2 N–H and O–H groups in total. The molecule has 5 nitrogen and oxygen atoms in total. The summed E-state index contributed by atoms with van der Waals surface area (Å²) in [6, 6.07) is 7.08. The second-order valence-electron chi connectivity index (χ2n) is 3.85. The predicted octanol–water partition coefficient (Wildman–Crippen LogP) is 3.06. The summed E-state index contributed by atoms with van der Waals surface area (Å²) in [5.74, 6) is 0.682. The molecule has 96 valence electrons. The number of aromatic nitrogens is 3. The van der Waals surface area contributed by atoms with Crippen LogP contribution in [0.25, 0.3) is 10.9 Å². The molecule has 0 saturated carbocycles. The molecule has 0 atom stereocenters. The lowest BCUT2D eigenvalue weighted by Crippen LogP contribution is -2.02. The van der Waals surface area contributed by atoms with E-state index in [1.54, 1.807) is 18.3 Å². The number of para-hydroxylation sites is 1. The summed E-state index contributed by atoms with van der Waals surface area (Å²) in [4.78, 5) is 9.28. The number of rotatable bonds is 3. The van der Waals surface area contributed by atoms with Gasteiger partial charge in [0.15, 0.2) is 0 Å². The highest BCUT2D eigenvalue weighted by Gasteiger charge is 2.09. The number of benzene rings is 1. The first-order chi connectivity index (χ1) is 9.24. The van der Waals surface area contributed by atoms with Crippen LogP contribution >= 0.6 is 23.1 Å². The Labute approximate surface area is 118 Å². The van der Waals surface area contributed by atoms with Gasteiger partial charge in [0.05, 0.1) is 6.54 Å². The van der Waals surface area contributed by atoms with Gasteiger partial charge >= 0.3 is 0 Å². The molecule has 0 bridgehead atoms. The number of anilines is 1. The smallest absolute Gasteiger partial charge is 0.225 e. The van der Waals surface area contributed by atoms with Gasteiger partial charge < -0.3 is 10.4 Å². The van der Waals surface area contributed by atoms with Crippen LogP contribution < -0.4 is 5.32 Å². The maximum atomic E-state index is 9.79. The summed E-state index contributed by atoms with van der Waals surface area (Å²) in [6.07, 6.45) is 1.75. The molecule has 0 spiro atoms. The van der Waals surface area contributed by atoms with E-state index < -0.39 is 0 Å². The number of hydrogen-bond acceptors (Lipinski definition) is 6. The highest BCUT2D eigenvalue weighted by molar-refractivity contribution is 7.05. The zero-order chi connectivity index (χ0) is 13.2. The van der Waals surface area contributed by atoms with E-state index in [-0.39, 0.29) is 11.0 Å². The largest absolute Gasteiger partial charge is 0.506 e. The third-order valence-corrected chi connectivity index (χ3v) is 3.51. The van der Waals surface area contributed by atoms with Crippen LogP contribution in [0.4, 0.5) is 5.82 Å². The fourth-order valence-corrected chi connectivity index (χ4v) is 2.43. The third kappa shape index (κ3) is 2.45. The van der Waals surface area contributed by atoms with Gasteiger partial charge in [-0.2, -0.15) is 0 Å². The Morgan fingerprint density at radius 2 is 2.16 bits per heavy atom. The topological polar surface area (TPSA) is 70.9 Å². The first-order valence-corrected chi connectivity index (χ1v) is 6.68. The Morgan fingerprint density at radius 1 is 1.26 bits per heavy atom. The molecule has 0 radical (unpaired) electrons. The van der Waals surface area contributed by atoms with Crippen LogP contribution in [0.15, 0.2) is 30.5 Å². The van der Waals surface area contributed by atoms with Crippen LogP contribution in [0, 0.1) is 0 Å². The van der Waals surface area contributed by atoms with Crippen LogP contribution in [-0.2, 0) is 6.54 Å². The van der Waals surface area contributed by atoms with Gasteiger partial charge in [0.25, 0.3) is 0 Å². The third-order valence-electron chi connectivity index (χ3n) is 2.60. The van der Waals surface area contributed by atoms with Gasteiger partial charge in [-0.1, -0.05) is 6.07 Å². The van der Waals surface area contributed by atoms with Crippen molar-refractivity contribution in [2.75, 3.05) is 5.32 Å². The van der Waals surface area contributed by atoms with Gasteiger partial charge in [-0.25, -0.2) is 14.3 Å². The van der Waals surface area contributed by atoms with Gasteiger partial charge in [0.1, 0.15) is 17.1 Å². The standard InChI is InChI=1S/C12H9ClN4OS/c13-12-16-10-8(2-1-3-9(10)18)11(17-12)14-6-7-4-5-15-19-7/h1-5,18H,6H2,(H,14,16,17). The normalized spacial score (nSPS) is 10.8. The van der Waals surface area contributed by atoms with Gasteiger partial charge in [0, 0.05) is 16.5 Å². The molecule has 1 aromatic carbocycles. The molecule has 2 heterocycles. The number of fused-ring (bicyclic) bond motifs is 1. The zero-order valence-electron chi connectivity index (χ0n) is 9.67. The molecular formula is C12H9ClN4OS. The van der Waals surface area contributed by atoms with Gasteiger partial charge in [-0.05, 0) is 41.3 Å². The van der Waals surface area contributed by atoms with Crippen LogP contribution in [-0.4, -0.2) is 19.4 Å². The molecule has 0 fully saturated rings. The number of nitrogens with zero attached hydrogens (tertiary/aromatic N) is 3. The van der Waals surface area contributed by atoms with E-state index in [2.05, 4.69) is 19.7 Å². The van der Waals surface area contributed by atoms with Crippen molar-refractivity contribution < 1.29 is 5.11 Å². The van der Waals surface area contributed by atoms with Crippen molar-refractivity contribution >= 4 is 39.9 Å². The van der Waals surface area contributed by atoms with Gasteiger partial charge in [-0.15, -0.1) is 0 Å². The average Bonchev–Trinajstić information content (AvgIpc) is 2.90. The van der Waals surface area contributed by atoms with Crippen molar-refractivity contribution in [1.82, 2.24) is 14.3 Å². The predicted molar refractivity (Wildman–Crippen MR) is 75.7 cm³/mol. The lowest BCUT2D eigenvalue weighted by molar-refractivity contribution is 0.480. The molecule has 0 aliphatic carbocycles. The van der Waals surface area contributed by atoms with E-state index in [1.165, 1.54) is 11.5 Å². The Kier molecular flexibility index (Phi) is 3.18. The molecule has 0 aliphatic heterocycles. The Bertz CT molecular complexity index is 717. The van der Waals surface area contributed by atoms with Crippen molar-refractivity contribution in [3.05, 3.63) is 40.6 Å². The summed E-state index contributed by atoms with van der Waals surface area (Å²) < 4.78 is 4.03. The lowest BCUT2D eigenvalue weighted by Gasteiger charge is -2.08. The first kappa shape index (κ1) is 12.1. The average molecular weight is 293 g/mol. The van der Waals surface area contributed by atoms with E-state index in [4.69, 9.17) is 11.6 Å². The molecule has 2 aromatic heterocycles. The number of phenols is 1. The number of nitrogens with one attached hydrogen (secondary N) is 1. The SMILES string of the molecule is Oc1cccc2c(NCc3ccns3)nc(Cl)nc12. The fourth-order valence-electron chi connectivity index (χ4n) is 1.75. The number of aromatic hydroxyl groups is 1. The summed E-state index contributed by atoms with van der Waals surface area (Å²) in [5, 5.41) is 13.8. The van der Waals surface area contributed by atoms with Crippen molar-refractivity contribution in [3.8, 4) is 5.75 Å². The quantitative estimate of drug-likeness (QED) is 0.726. The molecule has 0 saturated heterocycles. The number of halogens is 1. The van der Waals surface area contributed by atoms with Crippen molar-refractivity contribution in [2.45, 2.75) is 6.54 Å². The van der Waals surface area contributed by atoms with Crippen LogP contribution in [0.3, 0.4) is 0 Å². The molecule has 0 amide bonds. The molecular weight excluding hydrogens is 284 g/mol. The monoisotopic (exact) mass is 292 g/mol. The van der Waals surface area contributed by atoms with E-state index in [0.717, 1.165) is 10.3 Å². The number of phenolic OH excluding ortho intramolecular Hbond substituents is 1. The molecule has 0 aliphatic rings. The Hall–Kier alpha value is -1.92. The molecule has 3 rings (SSSR count). The fraction of sp³-hybridized carbons (Fsp3) is 0.0833.